The summed E-state index contributed by atoms with van der Waals surface area (Å²) in [6.45, 7) is 6.47. The number of para-hydroxylation sites is 1. The summed E-state index contributed by atoms with van der Waals surface area (Å²) in [5.74, 6) is 1.69. The number of hydrogen-bond acceptors (Lipinski definition) is 4. The van der Waals surface area contributed by atoms with Crippen molar-refractivity contribution in [2.75, 3.05) is 6.61 Å². The summed E-state index contributed by atoms with van der Waals surface area (Å²) in [5.41, 5.74) is 1.50. The van der Waals surface area contributed by atoms with E-state index in [1.54, 1.807) is 13.0 Å². The van der Waals surface area contributed by atoms with Gasteiger partial charge in [-0.2, -0.15) is 0 Å². The van der Waals surface area contributed by atoms with E-state index in [9.17, 15) is 4.79 Å². The van der Waals surface area contributed by atoms with E-state index in [2.05, 4.69) is 24.1 Å². The number of benzene rings is 1. The van der Waals surface area contributed by atoms with Gasteiger partial charge < -0.3 is 14.5 Å². The summed E-state index contributed by atoms with van der Waals surface area (Å²) in [6.07, 6.45) is 1.40. The van der Waals surface area contributed by atoms with Gasteiger partial charge in [-0.05, 0) is 18.9 Å². The van der Waals surface area contributed by atoms with E-state index in [1.165, 1.54) is 0 Å². The number of carbonyl (C=O) groups excluding carboxylic acids is 1. The fraction of sp³-hybridized carbons (Fsp3) is 0.444. The van der Waals surface area contributed by atoms with Gasteiger partial charge in [0, 0.05) is 18.4 Å². The summed E-state index contributed by atoms with van der Waals surface area (Å²) < 4.78 is 11.3. The number of nitrogens with zero attached hydrogens (tertiary/aromatic N) is 1. The molecule has 1 atom stereocenters. The van der Waals surface area contributed by atoms with Gasteiger partial charge in [0.15, 0.2) is 5.89 Å². The molecule has 6 heteroatoms. The molecule has 3 rings (SSSR count). The number of fused-ring (bicyclic) bond motifs is 1. The van der Waals surface area contributed by atoms with Crippen LogP contribution in [-0.4, -0.2) is 17.5 Å². The van der Waals surface area contributed by atoms with Gasteiger partial charge in [0.2, 0.25) is 5.76 Å². The van der Waals surface area contributed by atoms with Gasteiger partial charge in [-0.1, -0.05) is 37.6 Å². The Hall–Kier alpha value is -2.01. The number of oxazole rings is 1. The number of carbonyl (C=O) groups is 1. The summed E-state index contributed by atoms with van der Waals surface area (Å²) >= 11 is 6.17. The minimum atomic E-state index is -0.257. The van der Waals surface area contributed by atoms with Crippen LogP contribution in [0.25, 0.3) is 0 Å². The minimum Gasteiger partial charge on any atom is -0.492 e. The molecule has 0 bridgehead atoms. The predicted molar refractivity (Wildman–Crippen MR) is 91.6 cm³/mol. The number of ether oxygens (including phenoxy) is 1. The molecule has 24 heavy (non-hydrogen) atoms. The quantitative estimate of drug-likeness (QED) is 0.903. The predicted octanol–water partition coefficient (Wildman–Crippen LogP) is 4.09. The van der Waals surface area contributed by atoms with E-state index in [4.69, 9.17) is 20.8 Å². The first-order valence-corrected chi connectivity index (χ1v) is 8.52. The summed E-state index contributed by atoms with van der Waals surface area (Å²) in [5, 5.41) is 3.57. The molecule has 0 aliphatic carbocycles. The van der Waals surface area contributed by atoms with Crippen LogP contribution in [0, 0.1) is 12.8 Å². The van der Waals surface area contributed by atoms with Crippen LogP contribution in [0.5, 0.6) is 5.75 Å². The van der Waals surface area contributed by atoms with Crippen LogP contribution in [0.2, 0.25) is 5.02 Å². The Bertz CT molecular complexity index is 755. The molecule has 0 spiro atoms. The average molecular weight is 349 g/mol. The van der Waals surface area contributed by atoms with Crippen LogP contribution in [0.3, 0.4) is 0 Å². The largest absolute Gasteiger partial charge is 0.492 e. The van der Waals surface area contributed by atoms with Crippen molar-refractivity contribution in [2.24, 2.45) is 5.92 Å². The molecule has 1 aliphatic rings. The summed E-state index contributed by atoms with van der Waals surface area (Å²) in [6, 6.07) is 5.40. The van der Waals surface area contributed by atoms with Gasteiger partial charge in [-0.3, -0.25) is 4.79 Å². The molecular weight excluding hydrogens is 328 g/mol. The molecule has 0 saturated carbocycles. The van der Waals surface area contributed by atoms with Crippen molar-refractivity contribution in [3.63, 3.8) is 0 Å². The maximum atomic E-state index is 12.6. The van der Waals surface area contributed by atoms with Crippen LogP contribution in [-0.2, 0) is 6.42 Å². The molecule has 1 aromatic carbocycles. The number of halogens is 1. The lowest BCUT2D eigenvalue weighted by Crippen LogP contribution is -2.32. The molecule has 0 fully saturated rings. The Balaban J connectivity index is 1.79. The zero-order valence-electron chi connectivity index (χ0n) is 14.1. The average Bonchev–Trinajstić information content (AvgIpc) is 2.88. The van der Waals surface area contributed by atoms with Gasteiger partial charge in [-0.25, -0.2) is 4.98 Å². The van der Waals surface area contributed by atoms with E-state index in [0.29, 0.717) is 47.7 Å². The molecule has 2 aromatic rings. The van der Waals surface area contributed by atoms with Crippen molar-refractivity contribution in [1.82, 2.24) is 10.3 Å². The normalized spacial score (nSPS) is 16.6. The van der Waals surface area contributed by atoms with Crippen molar-refractivity contribution in [3.05, 3.63) is 46.1 Å². The number of amides is 1. The van der Waals surface area contributed by atoms with Gasteiger partial charge in [0.05, 0.1) is 23.4 Å². The van der Waals surface area contributed by atoms with Crippen molar-refractivity contribution in [1.29, 1.82) is 0 Å². The van der Waals surface area contributed by atoms with Crippen LogP contribution in [0.15, 0.2) is 22.6 Å². The Kier molecular flexibility index (Phi) is 4.81. The van der Waals surface area contributed by atoms with E-state index in [-0.39, 0.29) is 17.7 Å². The van der Waals surface area contributed by atoms with Crippen LogP contribution >= 0.6 is 11.6 Å². The number of aromatic nitrogens is 1. The molecule has 1 aromatic heterocycles. The van der Waals surface area contributed by atoms with Crippen LogP contribution < -0.4 is 10.1 Å². The fourth-order valence-electron chi connectivity index (χ4n) is 2.86. The molecule has 0 radical (unpaired) electrons. The third-order valence-corrected chi connectivity index (χ3v) is 4.26. The number of hydrogen-bond donors (Lipinski definition) is 1. The topological polar surface area (TPSA) is 64.4 Å². The molecule has 1 aliphatic heterocycles. The smallest absolute Gasteiger partial charge is 0.289 e. The maximum Gasteiger partial charge on any atom is 0.289 e. The summed E-state index contributed by atoms with van der Waals surface area (Å²) in [4.78, 5) is 17.0. The minimum absolute atomic E-state index is 0.155. The van der Waals surface area contributed by atoms with E-state index >= 15 is 0 Å². The Labute approximate surface area is 146 Å². The second-order valence-electron chi connectivity index (χ2n) is 6.44. The highest BCUT2D eigenvalue weighted by molar-refractivity contribution is 6.32. The fourth-order valence-corrected chi connectivity index (χ4v) is 3.10. The summed E-state index contributed by atoms with van der Waals surface area (Å²) in [7, 11) is 0. The molecule has 2 heterocycles. The highest BCUT2D eigenvalue weighted by Gasteiger charge is 2.27. The van der Waals surface area contributed by atoms with Gasteiger partial charge in [-0.15, -0.1) is 0 Å². The zero-order chi connectivity index (χ0) is 17.3. The monoisotopic (exact) mass is 348 g/mol. The second kappa shape index (κ2) is 6.85. The van der Waals surface area contributed by atoms with E-state index in [1.807, 2.05) is 12.1 Å². The molecule has 128 valence electrons. The van der Waals surface area contributed by atoms with Crippen molar-refractivity contribution < 1.29 is 13.9 Å². The number of rotatable bonds is 4. The molecule has 1 amide bonds. The highest BCUT2D eigenvalue weighted by atomic mass is 35.5. The first-order valence-electron chi connectivity index (χ1n) is 8.14. The third kappa shape index (κ3) is 3.41. The maximum absolute atomic E-state index is 12.6. The lowest BCUT2D eigenvalue weighted by Gasteiger charge is -2.27. The van der Waals surface area contributed by atoms with Crippen LogP contribution in [0.1, 0.15) is 54.0 Å². The first-order chi connectivity index (χ1) is 11.5. The van der Waals surface area contributed by atoms with Gasteiger partial charge >= 0.3 is 0 Å². The van der Waals surface area contributed by atoms with Crippen molar-refractivity contribution >= 4 is 17.5 Å². The van der Waals surface area contributed by atoms with E-state index < -0.39 is 0 Å². The lowest BCUT2D eigenvalue weighted by molar-refractivity contribution is 0.0893. The highest BCUT2D eigenvalue weighted by Crippen LogP contribution is 2.37. The Morgan fingerprint density at radius 3 is 3.00 bits per heavy atom. The lowest BCUT2D eigenvalue weighted by atomic mass is 10.0. The number of nitrogens with one attached hydrogen (secondary N) is 1. The van der Waals surface area contributed by atoms with Crippen LogP contribution in [0.4, 0.5) is 0 Å². The molecule has 0 saturated heterocycles. The van der Waals surface area contributed by atoms with Crippen molar-refractivity contribution in [2.45, 2.75) is 39.7 Å². The van der Waals surface area contributed by atoms with Crippen molar-refractivity contribution in [3.8, 4) is 5.75 Å². The molecule has 1 N–H and O–H groups in total. The SMILES string of the molecule is Cc1nc(CC(C)C)oc1C(=O)N[C@@H]1CCOc2c(Cl)cccc21. The molecule has 5 nitrogen and oxygen atoms in total. The second-order valence-corrected chi connectivity index (χ2v) is 6.85. The number of aryl methyl sites for hydroxylation is 1. The Morgan fingerprint density at radius 2 is 2.25 bits per heavy atom. The molecule has 0 unspecified atom stereocenters. The third-order valence-electron chi connectivity index (χ3n) is 3.96. The van der Waals surface area contributed by atoms with Gasteiger partial charge in [0.25, 0.3) is 5.91 Å². The van der Waals surface area contributed by atoms with E-state index in [0.717, 1.165) is 5.56 Å². The van der Waals surface area contributed by atoms with Gasteiger partial charge in [0.1, 0.15) is 5.75 Å². The first kappa shape index (κ1) is 16.8. The zero-order valence-corrected chi connectivity index (χ0v) is 14.8. The Morgan fingerprint density at radius 1 is 1.46 bits per heavy atom. The molecular formula is C18H21ClN2O3. The standard InChI is InChI=1S/C18H21ClN2O3/c1-10(2)9-15-20-11(3)16(24-15)18(22)21-14-7-8-23-17-12(14)5-4-6-13(17)19/h4-6,10,14H,7-9H2,1-3H3,(H,21,22)/t14-/m1/s1.